The minimum atomic E-state index is -3.76. The predicted octanol–water partition coefficient (Wildman–Crippen LogP) is 2.69. The van der Waals surface area contributed by atoms with E-state index in [0.29, 0.717) is 12.2 Å². The predicted molar refractivity (Wildman–Crippen MR) is 116 cm³/mol. The summed E-state index contributed by atoms with van der Waals surface area (Å²) in [6.07, 6.45) is 3.53. The summed E-state index contributed by atoms with van der Waals surface area (Å²) in [4.78, 5) is 14.8. The highest BCUT2D eigenvalue weighted by molar-refractivity contribution is 7.89. The molecular weight excluding hydrogens is 404 g/mol. The fraction of sp³-hybridized carbons (Fsp3) is 0.381. The Balaban J connectivity index is 1.64. The first-order valence-corrected chi connectivity index (χ1v) is 11.5. The Morgan fingerprint density at radius 1 is 1.07 bits per heavy atom. The molecule has 1 aliphatic rings. The lowest BCUT2D eigenvalue weighted by molar-refractivity contribution is 0.161. The zero-order valence-corrected chi connectivity index (χ0v) is 17.8. The number of anilines is 1. The van der Waals surface area contributed by atoms with Crippen LogP contribution in [0, 0.1) is 0 Å². The standard InChI is InChI=1S/C21H28N4O4S/c1-29-18-9-5-16(6-10-18)20(25-13-3-2-4-14-25)15-23-21(26)24-17-7-11-19(12-8-17)30(22,27)28/h5-12,20H,2-4,13-15H2,1H3,(H2,22,27,28)(H2,23,24,26). The third kappa shape index (κ3) is 5.94. The number of ether oxygens (including phenoxy) is 1. The van der Waals surface area contributed by atoms with Crippen LogP contribution in [0.15, 0.2) is 53.4 Å². The molecule has 4 N–H and O–H groups in total. The molecule has 2 aromatic carbocycles. The Labute approximate surface area is 177 Å². The molecule has 1 fully saturated rings. The number of carbonyl (C=O) groups excluding carboxylic acids is 1. The largest absolute Gasteiger partial charge is 0.497 e. The van der Waals surface area contributed by atoms with E-state index in [1.807, 2.05) is 24.3 Å². The fourth-order valence-electron chi connectivity index (χ4n) is 3.61. The fourth-order valence-corrected chi connectivity index (χ4v) is 4.12. The second-order valence-electron chi connectivity index (χ2n) is 7.29. The van der Waals surface area contributed by atoms with Crippen molar-refractivity contribution in [1.29, 1.82) is 0 Å². The van der Waals surface area contributed by atoms with Crippen LogP contribution >= 0.6 is 0 Å². The second-order valence-corrected chi connectivity index (χ2v) is 8.85. The van der Waals surface area contributed by atoms with Gasteiger partial charge >= 0.3 is 6.03 Å². The zero-order valence-electron chi connectivity index (χ0n) is 17.0. The van der Waals surface area contributed by atoms with Gasteiger partial charge in [0.25, 0.3) is 0 Å². The van der Waals surface area contributed by atoms with E-state index in [-0.39, 0.29) is 17.0 Å². The smallest absolute Gasteiger partial charge is 0.319 e. The second kappa shape index (κ2) is 9.92. The third-order valence-electron chi connectivity index (χ3n) is 5.23. The van der Waals surface area contributed by atoms with Gasteiger partial charge in [-0.1, -0.05) is 18.6 Å². The van der Waals surface area contributed by atoms with E-state index < -0.39 is 10.0 Å². The Hall–Kier alpha value is -2.62. The Morgan fingerprint density at radius 3 is 2.27 bits per heavy atom. The van der Waals surface area contributed by atoms with Gasteiger partial charge in [0, 0.05) is 12.2 Å². The van der Waals surface area contributed by atoms with Crippen molar-refractivity contribution in [2.75, 3.05) is 32.1 Å². The number of hydrogen-bond acceptors (Lipinski definition) is 5. The van der Waals surface area contributed by atoms with Crippen molar-refractivity contribution in [3.8, 4) is 5.75 Å². The van der Waals surface area contributed by atoms with Gasteiger partial charge < -0.3 is 15.4 Å². The van der Waals surface area contributed by atoms with Crippen LogP contribution < -0.4 is 20.5 Å². The molecule has 0 bridgehead atoms. The molecule has 162 valence electrons. The lowest BCUT2D eigenvalue weighted by Gasteiger charge is -2.35. The Morgan fingerprint density at radius 2 is 1.70 bits per heavy atom. The van der Waals surface area contributed by atoms with Gasteiger partial charge in [0.05, 0.1) is 18.0 Å². The quantitative estimate of drug-likeness (QED) is 0.622. The maximum absolute atomic E-state index is 12.4. The van der Waals surface area contributed by atoms with Crippen LogP contribution in [0.25, 0.3) is 0 Å². The van der Waals surface area contributed by atoms with Crippen LogP contribution in [0.3, 0.4) is 0 Å². The maximum Gasteiger partial charge on any atom is 0.319 e. The molecule has 9 heteroatoms. The van der Waals surface area contributed by atoms with Crippen molar-refractivity contribution < 1.29 is 17.9 Å². The summed E-state index contributed by atoms with van der Waals surface area (Å²) in [7, 11) is -2.12. The number of rotatable bonds is 7. The molecule has 1 saturated heterocycles. The van der Waals surface area contributed by atoms with Crippen LogP contribution in [0.1, 0.15) is 30.9 Å². The average molecular weight is 433 g/mol. The molecule has 1 aliphatic heterocycles. The Kier molecular flexibility index (Phi) is 7.30. The van der Waals surface area contributed by atoms with Crippen LogP contribution in [0.2, 0.25) is 0 Å². The number of nitrogens with two attached hydrogens (primary N) is 1. The first-order valence-electron chi connectivity index (χ1n) is 9.92. The molecule has 8 nitrogen and oxygen atoms in total. The number of urea groups is 1. The molecule has 0 saturated carbocycles. The summed E-state index contributed by atoms with van der Waals surface area (Å²) in [5.41, 5.74) is 1.61. The summed E-state index contributed by atoms with van der Waals surface area (Å²) in [6.45, 7) is 2.44. The molecule has 1 atom stereocenters. The number of primary sulfonamides is 1. The van der Waals surface area contributed by atoms with Gasteiger partial charge in [-0.05, 0) is 67.9 Å². The number of sulfonamides is 1. The number of carbonyl (C=O) groups is 1. The molecule has 0 spiro atoms. The molecule has 0 radical (unpaired) electrons. The first-order chi connectivity index (χ1) is 14.4. The van der Waals surface area contributed by atoms with Gasteiger partial charge in [0.1, 0.15) is 5.75 Å². The molecule has 0 aliphatic carbocycles. The molecule has 1 unspecified atom stereocenters. The van der Waals surface area contributed by atoms with E-state index in [1.54, 1.807) is 7.11 Å². The topological polar surface area (TPSA) is 114 Å². The van der Waals surface area contributed by atoms with Crippen molar-refractivity contribution in [2.45, 2.75) is 30.2 Å². The lowest BCUT2D eigenvalue weighted by Crippen LogP contribution is -2.41. The molecule has 1 heterocycles. The number of piperidine rings is 1. The van der Waals surface area contributed by atoms with E-state index >= 15 is 0 Å². The summed E-state index contributed by atoms with van der Waals surface area (Å²) in [5, 5.41) is 10.8. The molecular formula is C21H28N4O4S. The van der Waals surface area contributed by atoms with Crippen LogP contribution in [-0.4, -0.2) is 46.1 Å². The minimum absolute atomic E-state index is 0.00173. The summed E-state index contributed by atoms with van der Waals surface area (Å²) in [5.74, 6) is 0.796. The van der Waals surface area contributed by atoms with Gasteiger partial charge in [0.2, 0.25) is 10.0 Å². The van der Waals surface area contributed by atoms with Gasteiger partial charge in [0.15, 0.2) is 0 Å². The number of amides is 2. The van der Waals surface area contributed by atoms with Crippen LogP contribution in [-0.2, 0) is 10.0 Å². The highest BCUT2D eigenvalue weighted by Gasteiger charge is 2.23. The number of methoxy groups -OCH3 is 1. The van der Waals surface area contributed by atoms with E-state index in [0.717, 1.165) is 37.2 Å². The summed E-state index contributed by atoms with van der Waals surface area (Å²) in [6, 6.07) is 13.4. The zero-order chi connectivity index (χ0) is 21.6. The minimum Gasteiger partial charge on any atom is -0.497 e. The van der Waals surface area contributed by atoms with E-state index in [1.165, 1.54) is 30.7 Å². The van der Waals surface area contributed by atoms with Gasteiger partial charge in [-0.3, -0.25) is 4.90 Å². The number of benzene rings is 2. The lowest BCUT2D eigenvalue weighted by atomic mass is 10.0. The normalized spacial score (nSPS) is 15.9. The molecule has 0 aromatic heterocycles. The van der Waals surface area contributed by atoms with Crippen molar-refractivity contribution in [1.82, 2.24) is 10.2 Å². The molecule has 2 aromatic rings. The number of nitrogens with zero attached hydrogens (tertiary/aromatic N) is 1. The van der Waals surface area contributed by atoms with E-state index in [2.05, 4.69) is 15.5 Å². The van der Waals surface area contributed by atoms with Crippen molar-refractivity contribution in [2.24, 2.45) is 5.14 Å². The van der Waals surface area contributed by atoms with Gasteiger partial charge in [-0.2, -0.15) is 0 Å². The monoisotopic (exact) mass is 432 g/mol. The van der Waals surface area contributed by atoms with Crippen molar-refractivity contribution >= 4 is 21.7 Å². The van der Waals surface area contributed by atoms with Crippen molar-refractivity contribution in [3.05, 3.63) is 54.1 Å². The first kappa shape index (κ1) is 22.1. The third-order valence-corrected chi connectivity index (χ3v) is 6.16. The highest BCUT2D eigenvalue weighted by atomic mass is 32.2. The SMILES string of the molecule is COc1ccc(C(CNC(=O)Nc2ccc(S(N)(=O)=O)cc2)N2CCCCC2)cc1. The maximum atomic E-state index is 12.4. The highest BCUT2D eigenvalue weighted by Crippen LogP contribution is 2.26. The number of hydrogen-bond donors (Lipinski definition) is 3. The number of likely N-dealkylation sites (tertiary alicyclic amines) is 1. The molecule has 30 heavy (non-hydrogen) atoms. The number of nitrogens with one attached hydrogen (secondary N) is 2. The van der Waals surface area contributed by atoms with Crippen molar-refractivity contribution in [3.63, 3.8) is 0 Å². The van der Waals surface area contributed by atoms with Gasteiger partial charge in [-0.15, -0.1) is 0 Å². The molecule has 2 amide bonds. The van der Waals surface area contributed by atoms with Crippen LogP contribution in [0.4, 0.5) is 10.5 Å². The van der Waals surface area contributed by atoms with E-state index in [4.69, 9.17) is 9.88 Å². The summed E-state index contributed by atoms with van der Waals surface area (Å²) < 4.78 is 27.9. The van der Waals surface area contributed by atoms with Crippen LogP contribution in [0.5, 0.6) is 5.75 Å². The van der Waals surface area contributed by atoms with Gasteiger partial charge in [-0.25, -0.2) is 18.4 Å². The Bertz CT molecular complexity index is 940. The van der Waals surface area contributed by atoms with E-state index in [9.17, 15) is 13.2 Å². The summed E-state index contributed by atoms with van der Waals surface area (Å²) >= 11 is 0. The average Bonchev–Trinajstić information content (AvgIpc) is 2.75. The molecule has 3 rings (SSSR count).